The van der Waals surface area contributed by atoms with Gasteiger partial charge in [0, 0.05) is 24.6 Å². The van der Waals surface area contributed by atoms with Crippen LogP contribution in [0.2, 0.25) is 0 Å². The molecule has 3 aliphatic heterocycles. The molecule has 11 heteroatoms. The molecule has 0 radical (unpaired) electrons. The summed E-state index contributed by atoms with van der Waals surface area (Å²) in [4.78, 5) is 41.5. The topological polar surface area (TPSA) is 138 Å². The number of nitrogens with zero attached hydrogens (tertiary/aromatic N) is 2. The number of rotatable bonds is 11. The van der Waals surface area contributed by atoms with Gasteiger partial charge in [-0.3, -0.25) is 19.4 Å². The zero-order valence-electron chi connectivity index (χ0n) is 26.2. The smallest absolute Gasteiger partial charge is 0.408 e. The summed E-state index contributed by atoms with van der Waals surface area (Å²) in [7, 11) is 0. The number of ether oxygens (including phenoxy) is 3. The van der Waals surface area contributed by atoms with Crippen LogP contribution in [0.3, 0.4) is 0 Å². The number of hydrogen-bond acceptors (Lipinski definition) is 9. The first kappa shape index (κ1) is 32.8. The van der Waals surface area contributed by atoms with Gasteiger partial charge in [0.25, 0.3) is 5.91 Å². The predicted molar refractivity (Wildman–Crippen MR) is 170 cm³/mol. The third-order valence-corrected chi connectivity index (χ3v) is 9.10. The van der Waals surface area contributed by atoms with Crippen LogP contribution in [0, 0.1) is 0 Å². The molecule has 3 N–H and O–H groups in total. The van der Waals surface area contributed by atoms with E-state index >= 15 is 0 Å². The molecule has 3 aliphatic rings. The molecule has 0 bridgehead atoms. The zero-order valence-corrected chi connectivity index (χ0v) is 26.2. The van der Waals surface area contributed by atoms with Gasteiger partial charge in [-0.1, -0.05) is 78.9 Å². The van der Waals surface area contributed by atoms with E-state index in [1.807, 2.05) is 78.9 Å². The Hall–Kier alpha value is -4.13. The molecule has 248 valence electrons. The van der Waals surface area contributed by atoms with Gasteiger partial charge in [-0.2, -0.15) is 0 Å². The van der Waals surface area contributed by atoms with Gasteiger partial charge >= 0.3 is 6.09 Å². The highest BCUT2D eigenvalue weighted by Gasteiger charge is 2.40. The number of carbonyl (C=O) groups excluding carboxylic acids is 3. The summed E-state index contributed by atoms with van der Waals surface area (Å²) in [6, 6.07) is 23.5. The van der Waals surface area contributed by atoms with E-state index in [9.17, 15) is 24.6 Å². The lowest BCUT2D eigenvalue weighted by molar-refractivity contribution is -0.253. The van der Waals surface area contributed by atoms with Crippen molar-refractivity contribution in [3.8, 4) is 0 Å². The number of amides is 3. The van der Waals surface area contributed by atoms with E-state index in [4.69, 9.17) is 14.2 Å². The van der Waals surface area contributed by atoms with E-state index < -0.39 is 24.3 Å². The van der Waals surface area contributed by atoms with E-state index in [-0.39, 0.29) is 56.9 Å². The molecule has 3 fully saturated rings. The second-order valence-electron chi connectivity index (χ2n) is 12.3. The Morgan fingerprint density at radius 1 is 0.894 bits per heavy atom. The number of carbonyl (C=O) groups is 3. The minimum absolute atomic E-state index is 0.0306. The van der Waals surface area contributed by atoms with Gasteiger partial charge < -0.3 is 29.7 Å². The first-order chi connectivity index (χ1) is 22.9. The SMILES string of the molecule is O=C(NC1CC(=O)N(Cc2ccc([C@@H]3O[C@H](CN4CCC[C@H]4CO)C[C@H](c4ccc(CO)cc4)O3)cc2)C1=O)OCc1ccccc1. The summed E-state index contributed by atoms with van der Waals surface area (Å²) in [5.41, 5.74) is 4.18. The average molecular weight is 644 g/mol. The summed E-state index contributed by atoms with van der Waals surface area (Å²) >= 11 is 0. The van der Waals surface area contributed by atoms with Crippen LogP contribution in [-0.4, -0.2) is 75.8 Å². The maximum atomic E-state index is 13.0. The van der Waals surface area contributed by atoms with Gasteiger partial charge in [0.15, 0.2) is 6.29 Å². The minimum atomic E-state index is -0.976. The van der Waals surface area contributed by atoms with Crippen LogP contribution >= 0.6 is 0 Å². The normalized spacial score (nSPS) is 24.9. The number of nitrogens with one attached hydrogen (secondary N) is 1. The second-order valence-corrected chi connectivity index (χ2v) is 12.3. The third kappa shape index (κ3) is 8.06. The van der Waals surface area contributed by atoms with Crippen molar-refractivity contribution >= 4 is 17.9 Å². The zero-order chi connectivity index (χ0) is 32.8. The van der Waals surface area contributed by atoms with Gasteiger partial charge in [0.1, 0.15) is 12.6 Å². The highest BCUT2D eigenvalue weighted by molar-refractivity contribution is 6.06. The van der Waals surface area contributed by atoms with Crippen LogP contribution in [0.15, 0.2) is 78.9 Å². The molecule has 0 aromatic heterocycles. The number of benzene rings is 3. The van der Waals surface area contributed by atoms with Crippen molar-refractivity contribution in [3.05, 3.63) is 107 Å². The molecule has 1 unspecified atom stereocenters. The molecule has 3 amide bonds. The van der Waals surface area contributed by atoms with Gasteiger partial charge in [-0.15, -0.1) is 0 Å². The average Bonchev–Trinajstić information content (AvgIpc) is 3.66. The van der Waals surface area contributed by atoms with E-state index in [2.05, 4.69) is 10.2 Å². The number of likely N-dealkylation sites (tertiary alicyclic amines) is 2. The summed E-state index contributed by atoms with van der Waals surface area (Å²) in [5.74, 6) is -0.844. The van der Waals surface area contributed by atoms with Crippen LogP contribution in [0.25, 0.3) is 0 Å². The van der Waals surface area contributed by atoms with Crippen LogP contribution in [0.5, 0.6) is 0 Å². The van der Waals surface area contributed by atoms with Gasteiger partial charge in [0.2, 0.25) is 5.91 Å². The monoisotopic (exact) mass is 643 g/mol. The molecule has 6 rings (SSSR count). The lowest BCUT2D eigenvalue weighted by atomic mass is 9.99. The predicted octanol–water partition coefficient (Wildman–Crippen LogP) is 3.73. The Kier molecular flexibility index (Phi) is 10.6. The Balaban J connectivity index is 1.09. The highest BCUT2D eigenvalue weighted by Crippen LogP contribution is 2.39. The second kappa shape index (κ2) is 15.2. The summed E-state index contributed by atoms with van der Waals surface area (Å²) in [5, 5.41) is 21.9. The lowest BCUT2D eigenvalue weighted by Crippen LogP contribution is -2.42. The van der Waals surface area contributed by atoms with Crippen molar-refractivity contribution in [2.45, 2.75) is 76.0 Å². The van der Waals surface area contributed by atoms with Crippen LogP contribution in [-0.2, 0) is 43.6 Å². The first-order valence-electron chi connectivity index (χ1n) is 16.2. The molecule has 3 saturated heterocycles. The largest absolute Gasteiger partial charge is 0.445 e. The minimum Gasteiger partial charge on any atom is -0.445 e. The summed E-state index contributed by atoms with van der Waals surface area (Å²) in [6.07, 6.45) is 0.767. The molecular formula is C36H41N3O8. The van der Waals surface area contributed by atoms with Crippen molar-refractivity contribution in [1.82, 2.24) is 15.1 Å². The van der Waals surface area contributed by atoms with E-state index in [1.54, 1.807) is 0 Å². The van der Waals surface area contributed by atoms with Crippen LogP contribution in [0.4, 0.5) is 4.79 Å². The molecule has 0 spiro atoms. The maximum Gasteiger partial charge on any atom is 0.408 e. The van der Waals surface area contributed by atoms with Crippen LogP contribution in [0.1, 0.15) is 65.9 Å². The molecule has 3 aromatic carbocycles. The first-order valence-corrected chi connectivity index (χ1v) is 16.2. The quantitative estimate of drug-likeness (QED) is 0.267. The number of aliphatic hydroxyl groups is 2. The number of alkyl carbamates (subject to hydrolysis) is 1. The fraction of sp³-hybridized carbons (Fsp3) is 0.417. The highest BCUT2D eigenvalue weighted by atomic mass is 16.7. The van der Waals surface area contributed by atoms with Crippen molar-refractivity contribution in [2.75, 3.05) is 19.7 Å². The molecule has 3 aromatic rings. The number of hydrogen-bond donors (Lipinski definition) is 3. The van der Waals surface area contributed by atoms with Crippen molar-refractivity contribution in [2.24, 2.45) is 0 Å². The lowest BCUT2D eigenvalue weighted by Gasteiger charge is -2.38. The van der Waals surface area contributed by atoms with Gasteiger partial charge in [-0.25, -0.2) is 4.79 Å². The van der Waals surface area contributed by atoms with Crippen molar-refractivity contribution in [3.63, 3.8) is 0 Å². The Labute approximate surface area is 274 Å². The fourth-order valence-corrected chi connectivity index (χ4v) is 6.47. The Bertz CT molecular complexity index is 1520. The maximum absolute atomic E-state index is 13.0. The molecule has 0 aliphatic carbocycles. The Morgan fingerprint density at radius 2 is 1.62 bits per heavy atom. The molecule has 5 atom stereocenters. The Morgan fingerprint density at radius 3 is 2.34 bits per heavy atom. The molecule has 11 nitrogen and oxygen atoms in total. The summed E-state index contributed by atoms with van der Waals surface area (Å²) < 4.78 is 18.2. The van der Waals surface area contributed by atoms with Gasteiger partial charge in [0.05, 0.1) is 38.4 Å². The standard InChI is InChI=1S/C36H41N3O8/c40-21-25-10-12-27(13-11-25)32-17-30(20-38-16-4-7-29(38)22-41)46-35(47-32)28-14-8-24(9-15-28)19-39-33(42)18-31(34(39)43)37-36(44)45-23-26-5-2-1-3-6-26/h1-3,5-6,8-15,29-32,35,40-41H,4,7,16-23H2,(H,37,44)/t29-,30-,31?,32+,35+/m0/s1. The van der Waals surface area contributed by atoms with Gasteiger partial charge in [-0.05, 0) is 41.6 Å². The van der Waals surface area contributed by atoms with Crippen molar-refractivity contribution in [1.29, 1.82) is 0 Å². The number of imide groups is 1. The summed E-state index contributed by atoms with van der Waals surface area (Å²) in [6.45, 7) is 1.82. The molecule has 0 saturated carbocycles. The molecular weight excluding hydrogens is 602 g/mol. The third-order valence-electron chi connectivity index (χ3n) is 9.10. The number of aliphatic hydroxyl groups excluding tert-OH is 2. The van der Waals surface area contributed by atoms with Crippen molar-refractivity contribution < 1.29 is 38.8 Å². The van der Waals surface area contributed by atoms with E-state index in [1.165, 1.54) is 0 Å². The van der Waals surface area contributed by atoms with E-state index in [0.29, 0.717) is 13.0 Å². The molecule has 47 heavy (non-hydrogen) atoms. The van der Waals surface area contributed by atoms with Crippen LogP contribution < -0.4 is 5.32 Å². The van der Waals surface area contributed by atoms with E-state index in [0.717, 1.165) is 52.1 Å². The molecule has 3 heterocycles. The fourth-order valence-electron chi connectivity index (χ4n) is 6.47.